The van der Waals surface area contributed by atoms with E-state index >= 15 is 0 Å². The third-order valence-corrected chi connectivity index (χ3v) is 5.56. The highest BCUT2D eigenvalue weighted by Gasteiger charge is 2.51. The summed E-state index contributed by atoms with van der Waals surface area (Å²) in [4.78, 5) is 27.8. The Balaban J connectivity index is 1.47. The lowest BCUT2D eigenvalue weighted by Gasteiger charge is -2.39. The van der Waals surface area contributed by atoms with Crippen LogP contribution in [0.2, 0.25) is 0 Å². The third-order valence-electron chi connectivity index (χ3n) is 5.56. The van der Waals surface area contributed by atoms with Crippen molar-refractivity contribution in [1.29, 1.82) is 0 Å². The van der Waals surface area contributed by atoms with Crippen molar-refractivity contribution in [3.8, 4) is 0 Å². The molecule has 1 aromatic rings. The van der Waals surface area contributed by atoms with Crippen LogP contribution >= 0.6 is 0 Å². The summed E-state index contributed by atoms with van der Waals surface area (Å²) in [6, 6.07) is 0.148. The number of aromatic nitrogens is 4. The lowest BCUT2D eigenvalue weighted by Crippen LogP contribution is -2.55. The van der Waals surface area contributed by atoms with E-state index in [0.717, 1.165) is 44.6 Å². The second kappa shape index (κ2) is 5.51. The molecule has 3 amide bonds. The number of carbonyl (C=O) groups is 2. The maximum Gasteiger partial charge on any atom is 0.324 e. The lowest BCUT2D eigenvalue weighted by atomic mass is 9.80. The number of hydrogen-bond acceptors (Lipinski definition) is 6. The van der Waals surface area contributed by atoms with Gasteiger partial charge in [-0.3, -0.25) is 14.6 Å². The molecule has 0 spiro atoms. The molecule has 2 aliphatic heterocycles. The van der Waals surface area contributed by atoms with Crippen molar-refractivity contribution < 1.29 is 9.59 Å². The molecule has 2 saturated heterocycles. The molecule has 0 bridgehead atoms. The monoisotopic (exact) mass is 333 g/mol. The molecule has 1 N–H and O–H groups in total. The number of likely N-dealkylation sites (N-methyl/N-ethyl adjacent to an activating group) is 1. The Hall–Kier alpha value is -2.03. The van der Waals surface area contributed by atoms with Gasteiger partial charge in [0.05, 0.1) is 12.6 Å². The topological polar surface area (TPSA) is 96.2 Å². The van der Waals surface area contributed by atoms with Gasteiger partial charge < -0.3 is 5.32 Å². The zero-order chi connectivity index (χ0) is 16.9. The molecule has 0 aromatic carbocycles. The van der Waals surface area contributed by atoms with Crippen molar-refractivity contribution in [2.45, 2.75) is 50.7 Å². The number of nitrogens with zero attached hydrogens (tertiary/aromatic N) is 6. The summed E-state index contributed by atoms with van der Waals surface area (Å²) in [6.07, 6.45) is 4.22. The molecule has 0 unspecified atom stereocenters. The van der Waals surface area contributed by atoms with Gasteiger partial charge in [0.2, 0.25) is 0 Å². The number of rotatable bonds is 4. The standard InChI is InChI=1S/C15H23N7O2/c1-15(13(23)20(2)14(24)16-15)10-4-3-7-21(8-10)9-12-17-18-19-22(12)11-5-6-11/h10-11H,3-9H2,1-2H3,(H,16,24)/t10-,15+/m0/s1. The van der Waals surface area contributed by atoms with E-state index in [2.05, 4.69) is 25.7 Å². The van der Waals surface area contributed by atoms with Crippen molar-refractivity contribution in [2.75, 3.05) is 20.1 Å². The molecule has 2 atom stereocenters. The summed E-state index contributed by atoms with van der Waals surface area (Å²) in [5.41, 5.74) is -0.813. The van der Waals surface area contributed by atoms with Crippen LogP contribution in [-0.4, -0.2) is 67.6 Å². The fourth-order valence-corrected chi connectivity index (χ4v) is 3.87. The first-order chi connectivity index (χ1) is 11.5. The lowest BCUT2D eigenvalue weighted by molar-refractivity contribution is -0.132. The molecule has 3 fully saturated rings. The van der Waals surface area contributed by atoms with Crippen molar-refractivity contribution in [1.82, 2.24) is 35.3 Å². The molecular weight excluding hydrogens is 310 g/mol. The minimum absolute atomic E-state index is 0.0953. The molecule has 130 valence electrons. The number of tetrazole rings is 1. The van der Waals surface area contributed by atoms with Crippen molar-refractivity contribution in [3.05, 3.63) is 5.82 Å². The molecule has 3 aliphatic rings. The van der Waals surface area contributed by atoms with E-state index in [0.29, 0.717) is 12.6 Å². The Morgan fingerprint density at radius 2 is 2.08 bits per heavy atom. The van der Waals surface area contributed by atoms with Crippen LogP contribution in [0.1, 0.15) is 44.5 Å². The first kappa shape index (κ1) is 15.5. The van der Waals surface area contributed by atoms with Crippen LogP contribution in [0.5, 0.6) is 0 Å². The summed E-state index contributed by atoms with van der Waals surface area (Å²) >= 11 is 0. The zero-order valence-corrected chi connectivity index (χ0v) is 14.1. The van der Waals surface area contributed by atoms with Crippen molar-refractivity contribution in [3.63, 3.8) is 0 Å². The highest BCUT2D eigenvalue weighted by molar-refractivity contribution is 6.06. The number of likely N-dealkylation sites (tertiary alicyclic amines) is 1. The van der Waals surface area contributed by atoms with Gasteiger partial charge in [-0.15, -0.1) is 5.10 Å². The maximum atomic E-state index is 12.5. The SMILES string of the molecule is CN1C(=O)N[C@](C)([C@H]2CCCN(Cc3nnnn3C3CC3)C2)C1=O. The minimum atomic E-state index is -0.813. The fourth-order valence-electron chi connectivity index (χ4n) is 3.87. The number of amides is 3. The Labute approximate surface area is 140 Å². The second-order valence-corrected chi connectivity index (χ2v) is 7.34. The molecule has 4 rings (SSSR count). The van der Waals surface area contributed by atoms with E-state index in [1.54, 1.807) is 0 Å². The van der Waals surface area contributed by atoms with E-state index in [4.69, 9.17) is 0 Å². The molecule has 9 heteroatoms. The van der Waals surface area contributed by atoms with Crippen molar-refractivity contribution in [2.24, 2.45) is 5.92 Å². The van der Waals surface area contributed by atoms with Gasteiger partial charge in [0.15, 0.2) is 5.82 Å². The van der Waals surface area contributed by atoms with Crippen LogP contribution < -0.4 is 5.32 Å². The largest absolute Gasteiger partial charge is 0.324 e. The van der Waals surface area contributed by atoms with Gasteiger partial charge in [0.1, 0.15) is 5.54 Å². The van der Waals surface area contributed by atoms with Gasteiger partial charge >= 0.3 is 6.03 Å². The summed E-state index contributed by atoms with van der Waals surface area (Å²) in [5.74, 6) is 0.849. The highest BCUT2D eigenvalue weighted by atomic mass is 16.2. The predicted octanol–water partition coefficient (Wildman–Crippen LogP) is 0.160. The maximum absolute atomic E-state index is 12.5. The number of imide groups is 1. The van der Waals surface area contributed by atoms with Crippen LogP contribution in [0.15, 0.2) is 0 Å². The molecule has 0 radical (unpaired) electrons. The summed E-state index contributed by atoms with van der Waals surface area (Å²) < 4.78 is 1.93. The average Bonchev–Trinajstić information content (AvgIpc) is 3.28. The summed E-state index contributed by atoms with van der Waals surface area (Å²) in [5, 5.41) is 15.0. The van der Waals surface area contributed by atoms with Gasteiger partial charge in [-0.2, -0.15) is 0 Å². The van der Waals surface area contributed by atoms with E-state index in [9.17, 15) is 9.59 Å². The molecule has 3 heterocycles. The predicted molar refractivity (Wildman–Crippen MR) is 83.8 cm³/mol. The summed E-state index contributed by atoms with van der Waals surface area (Å²) in [6.45, 7) is 4.25. The molecule has 24 heavy (non-hydrogen) atoms. The van der Waals surface area contributed by atoms with E-state index in [-0.39, 0.29) is 17.9 Å². The van der Waals surface area contributed by atoms with E-state index in [1.165, 1.54) is 11.9 Å². The average molecular weight is 333 g/mol. The van der Waals surface area contributed by atoms with Crippen LogP contribution in [0.25, 0.3) is 0 Å². The van der Waals surface area contributed by atoms with Gasteiger partial charge in [0.25, 0.3) is 5.91 Å². The number of piperidine rings is 1. The smallest absolute Gasteiger partial charge is 0.323 e. The van der Waals surface area contributed by atoms with Crippen LogP contribution in [-0.2, 0) is 11.3 Å². The second-order valence-electron chi connectivity index (χ2n) is 7.34. The zero-order valence-electron chi connectivity index (χ0n) is 14.1. The Kier molecular flexibility index (Phi) is 3.56. The number of carbonyl (C=O) groups excluding carboxylic acids is 2. The summed E-state index contributed by atoms with van der Waals surface area (Å²) in [7, 11) is 1.54. The molecule has 9 nitrogen and oxygen atoms in total. The minimum Gasteiger partial charge on any atom is -0.323 e. The molecule has 1 aliphatic carbocycles. The van der Waals surface area contributed by atoms with Crippen LogP contribution in [0.3, 0.4) is 0 Å². The fraction of sp³-hybridized carbons (Fsp3) is 0.800. The van der Waals surface area contributed by atoms with Gasteiger partial charge in [0, 0.05) is 19.5 Å². The Morgan fingerprint density at radius 1 is 1.29 bits per heavy atom. The molecule has 1 aromatic heterocycles. The Morgan fingerprint density at radius 3 is 2.75 bits per heavy atom. The van der Waals surface area contributed by atoms with Crippen molar-refractivity contribution >= 4 is 11.9 Å². The first-order valence-corrected chi connectivity index (χ1v) is 8.58. The van der Waals surface area contributed by atoms with Crippen LogP contribution in [0, 0.1) is 5.92 Å². The quantitative estimate of drug-likeness (QED) is 0.789. The molecule has 1 saturated carbocycles. The Bertz CT molecular complexity index is 671. The van der Waals surface area contributed by atoms with E-state index < -0.39 is 5.54 Å². The highest BCUT2D eigenvalue weighted by Crippen LogP contribution is 2.35. The van der Waals surface area contributed by atoms with Gasteiger partial charge in [-0.25, -0.2) is 9.48 Å². The number of urea groups is 1. The first-order valence-electron chi connectivity index (χ1n) is 8.58. The molecular formula is C15H23N7O2. The number of nitrogens with one attached hydrogen (secondary N) is 1. The van der Waals surface area contributed by atoms with Gasteiger partial charge in [-0.05, 0) is 49.6 Å². The number of hydrogen-bond donors (Lipinski definition) is 1. The normalized spacial score (nSPS) is 31.6. The van der Waals surface area contributed by atoms with Gasteiger partial charge in [-0.1, -0.05) is 0 Å². The van der Waals surface area contributed by atoms with Crippen LogP contribution in [0.4, 0.5) is 4.79 Å². The van der Waals surface area contributed by atoms with E-state index in [1.807, 2.05) is 11.6 Å². The third kappa shape index (κ3) is 2.47.